The second-order valence-corrected chi connectivity index (χ2v) is 6.23. The van der Waals surface area contributed by atoms with Gasteiger partial charge < -0.3 is 14.9 Å². The van der Waals surface area contributed by atoms with Crippen molar-refractivity contribution in [1.82, 2.24) is 9.80 Å². The van der Waals surface area contributed by atoms with Gasteiger partial charge in [-0.15, -0.1) is 0 Å². The van der Waals surface area contributed by atoms with Gasteiger partial charge in [-0.2, -0.15) is 0 Å². The Bertz CT molecular complexity index is 597. The van der Waals surface area contributed by atoms with Crippen molar-refractivity contribution >= 4 is 12.0 Å². The van der Waals surface area contributed by atoms with E-state index in [0.717, 1.165) is 19.3 Å². The second-order valence-electron chi connectivity index (χ2n) is 6.23. The largest absolute Gasteiger partial charge is 0.465 e. The van der Waals surface area contributed by atoms with E-state index in [2.05, 4.69) is 0 Å². The van der Waals surface area contributed by atoms with Gasteiger partial charge in [-0.05, 0) is 36.8 Å². The highest BCUT2D eigenvalue weighted by Gasteiger charge is 2.43. The summed E-state index contributed by atoms with van der Waals surface area (Å²) < 4.78 is 13.7. The number of carbonyl (C=O) groups is 2. The summed E-state index contributed by atoms with van der Waals surface area (Å²) in [5, 5.41) is 9.01. The predicted octanol–water partition coefficient (Wildman–Crippen LogP) is 2.43. The van der Waals surface area contributed by atoms with Gasteiger partial charge in [-0.1, -0.05) is 12.1 Å². The summed E-state index contributed by atoms with van der Waals surface area (Å²) >= 11 is 0. The van der Waals surface area contributed by atoms with Crippen LogP contribution in [-0.2, 0) is 0 Å². The molecule has 2 heterocycles. The van der Waals surface area contributed by atoms with Gasteiger partial charge in [0, 0.05) is 26.2 Å². The van der Waals surface area contributed by atoms with E-state index in [1.807, 2.05) is 0 Å². The molecule has 5 nitrogen and oxygen atoms in total. The first-order valence-electron chi connectivity index (χ1n) is 7.52. The molecule has 0 atom stereocenters. The Morgan fingerprint density at radius 3 is 2.23 bits per heavy atom. The quantitative estimate of drug-likeness (QED) is 0.867. The highest BCUT2D eigenvalue weighted by molar-refractivity contribution is 5.94. The summed E-state index contributed by atoms with van der Waals surface area (Å²) in [6.07, 6.45) is 1.51. The van der Waals surface area contributed by atoms with Crippen LogP contribution in [0.5, 0.6) is 0 Å². The zero-order valence-corrected chi connectivity index (χ0v) is 12.3. The molecule has 22 heavy (non-hydrogen) atoms. The van der Waals surface area contributed by atoms with Crippen LogP contribution in [0.1, 0.15) is 29.6 Å². The second kappa shape index (κ2) is 5.59. The molecule has 0 aliphatic carbocycles. The topological polar surface area (TPSA) is 60.9 Å². The smallest absolute Gasteiger partial charge is 0.407 e. The molecule has 1 aromatic carbocycles. The van der Waals surface area contributed by atoms with Gasteiger partial charge in [0.05, 0.1) is 5.56 Å². The maximum atomic E-state index is 13.7. The molecule has 0 bridgehead atoms. The van der Waals surface area contributed by atoms with Crippen molar-refractivity contribution in [1.29, 1.82) is 0 Å². The van der Waals surface area contributed by atoms with Crippen molar-refractivity contribution in [3.05, 3.63) is 35.6 Å². The fraction of sp³-hybridized carbons (Fsp3) is 0.500. The van der Waals surface area contributed by atoms with E-state index in [-0.39, 0.29) is 16.9 Å². The molecule has 3 rings (SSSR count). The lowest BCUT2D eigenvalue weighted by Crippen LogP contribution is -2.44. The number of likely N-dealkylation sites (tertiary alicyclic amines) is 2. The fourth-order valence-corrected chi connectivity index (χ4v) is 3.49. The lowest BCUT2D eigenvalue weighted by molar-refractivity contribution is 0.0702. The van der Waals surface area contributed by atoms with E-state index >= 15 is 0 Å². The standard InChI is InChI=1S/C16H19FN2O3/c17-13-4-2-1-3-12(13)14(20)19-10-7-16(11-19)5-8-18(9-6-16)15(21)22/h1-4H,5-11H2,(H,21,22). The van der Waals surface area contributed by atoms with Gasteiger partial charge in [0.1, 0.15) is 5.82 Å². The van der Waals surface area contributed by atoms with E-state index in [0.29, 0.717) is 26.2 Å². The first kappa shape index (κ1) is 14.8. The molecule has 2 amide bonds. The Morgan fingerprint density at radius 2 is 1.64 bits per heavy atom. The highest BCUT2D eigenvalue weighted by atomic mass is 19.1. The molecule has 0 radical (unpaired) electrons. The Morgan fingerprint density at radius 1 is 1.05 bits per heavy atom. The minimum Gasteiger partial charge on any atom is -0.465 e. The number of hydrogen-bond donors (Lipinski definition) is 1. The van der Waals surface area contributed by atoms with Gasteiger partial charge in [-0.25, -0.2) is 9.18 Å². The number of benzene rings is 1. The molecule has 1 aromatic rings. The number of carbonyl (C=O) groups excluding carboxylic acids is 1. The highest BCUT2D eigenvalue weighted by Crippen LogP contribution is 2.40. The average Bonchev–Trinajstić information content (AvgIpc) is 2.91. The molecule has 1 N–H and O–H groups in total. The van der Waals surface area contributed by atoms with Crippen molar-refractivity contribution < 1.29 is 19.1 Å². The Hall–Kier alpha value is -2.11. The molecule has 0 saturated carbocycles. The SMILES string of the molecule is O=C(O)N1CCC2(CC1)CCN(C(=O)c1ccccc1F)C2. The average molecular weight is 306 g/mol. The first-order chi connectivity index (χ1) is 10.5. The number of hydrogen-bond acceptors (Lipinski definition) is 2. The molecule has 2 aliphatic heterocycles. The number of piperidine rings is 1. The van der Waals surface area contributed by atoms with Crippen LogP contribution in [0.3, 0.4) is 0 Å². The van der Waals surface area contributed by atoms with Crippen molar-refractivity contribution in [2.75, 3.05) is 26.2 Å². The predicted molar refractivity (Wildman–Crippen MR) is 78.2 cm³/mol. The number of carboxylic acid groups (broad SMARTS) is 1. The molecular formula is C16H19FN2O3. The van der Waals surface area contributed by atoms with Crippen LogP contribution in [0, 0.1) is 11.2 Å². The molecule has 0 unspecified atom stereocenters. The number of amides is 2. The van der Waals surface area contributed by atoms with Crippen molar-refractivity contribution in [3.63, 3.8) is 0 Å². The van der Waals surface area contributed by atoms with Crippen LogP contribution >= 0.6 is 0 Å². The lowest BCUT2D eigenvalue weighted by atomic mass is 9.78. The van der Waals surface area contributed by atoms with Crippen molar-refractivity contribution in [2.24, 2.45) is 5.41 Å². The Balaban J connectivity index is 1.67. The fourth-order valence-electron chi connectivity index (χ4n) is 3.49. The summed E-state index contributed by atoms with van der Waals surface area (Å²) in [7, 11) is 0. The van der Waals surface area contributed by atoms with E-state index in [4.69, 9.17) is 5.11 Å². The molecule has 6 heteroatoms. The van der Waals surface area contributed by atoms with Gasteiger partial charge in [0.2, 0.25) is 0 Å². The monoisotopic (exact) mass is 306 g/mol. The summed E-state index contributed by atoms with van der Waals surface area (Å²) in [6, 6.07) is 6.03. The molecule has 0 aromatic heterocycles. The lowest BCUT2D eigenvalue weighted by Gasteiger charge is -2.38. The Labute approximate surface area is 128 Å². The van der Waals surface area contributed by atoms with E-state index in [1.165, 1.54) is 17.0 Å². The minimum atomic E-state index is -0.882. The molecule has 2 fully saturated rings. The van der Waals surface area contributed by atoms with Crippen LogP contribution < -0.4 is 0 Å². The molecule has 1 spiro atoms. The zero-order chi connectivity index (χ0) is 15.7. The summed E-state index contributed by atoms with van der Waals surface area (Å²) in [4.78, 5) is 26.5. The Kier molecular flexibility index (Phi) is 3.76. The van der Waals surface area contributed by atoms with Crippen LogP contribution in [0.2, 0.25) is 0 Å². The number of rotatable bonds is 1. The molecule has 2 saturated heterocycles. The minimum absolute atomic E-state index is 0.00708. The van der Waals surface area contributed by atoms with Crippen LogP contribution in [0.4, 0.5) is 9.18 Å². The van der Waals surface area contributed by atoms with E-state index in [1.54, 1.807) is 17.0 Å². The van der Waals surface area contributed by atoms with Crippen LogP contribution in [0.15, 0.2) is 24.3 Å². The maximum Gasteiger partial charge on any atom is 0.407 e. The van der Waals surface area contributed by atoms with Gasteiger partial charge in [0.25, 0.3) is 5.91 Å². The third kappa shape index (κ3) is 2.65. The zero-order valence-electron chi connectivity index (χ0n) is 12.3. The normalized spacial score (nSPS) is 20.4. The van der Waals surface area contributed by atoms with E-state index < -0.39 is 11.9 Å². The van der Waals surface area contributed by atoms with Crippen molar-refractivity contribution in [2.45, 2.75) is 19.3 Å². The summed E-state index contributed by atoms with van der Waals surface area (Å²) in [6.45, 7) is 2.22. The number of halogens is 1. The third-order valence-corrected chi connectivity index (χ3v) is 4.92. The van der Waals surface area contributed by atoms with Crippen LogP contribution in [-0.4, -0.2) is 53.1 Å². The summed E-state index contributed by atoms with van der Waals surface area (Å²) in [5.41, 5.74) is 0.106. The van der Waals surface area contributed by atoms with Crippen LogP contribution in [0.25, 0.3) is 0 Å². The molecule has 118 valence electrons. The molecule has 2 aliphatic rings. The third-order valence-electron chi connectivity index (χ3n) is 4.92. The van der Waals surface area contributed by atoms with Crippen molar-refractivity contribution in [3.8, 4) is 0 Å². The van der Waals surface area contributed by atoms with Gasteiger partial charge in [0.15, 0.2) is 0 Å². The first-order valence-corrected chi connectivity index (χ1v) is 7.52. The van der Waals surface area contributed by atoms with E-state index in [9.17, 15) is 14.0 Å². The van der Waals surface area contributed by atoms with Gasteiger partial charge >= 0.3 is 6.09 Å². The number of nitrogens with zero attached hydrogens (tertiary/aromatic N) is 2. The summed E-state index contributed by atoms with van der Waals surface area (Å²) in [5.74, 6) is -0.759. The molecular weight excluding hydrogens is 287 g/mol. The van der Waals surface area contributed by atoms with Gasteiger partial charge in [-0.3, -0.25) is 4.79 Å². The maximum absolute atomic E-state index is 13.7.